The molecule has 1 saturated carbocycles. The van der Waals surface area contributed by atoms with Crippen LogP contribution in [0.15, 0.2) is 12.2 Å². The second-order valence-corrected chi connectivity index (χ2v) is 5.42. The quantitative estimate of drug-likeness (QED) is 0.614. The molecule has 0 aromatic heterocycles. The van der Waals surface area contributed by atoms with Gasteiger partial charge in [0.2, 0.25) is 5.79 Å². The van der Waals surface area contributed by atoms with E-state index in [-0.39, 0.29) is 6.10 Å². The second kappa shape index (κ2) is 5.85. The van der Waals surface area contributed by atoms with Crippen LogP contribution in [0.3, 0.4) is 0 Å². The third-order valence-corrected chi connectivity index (χ3v) is 3.58. The van der Waals surface area contributed by atoms with Crippen LogP contribution in [0.25, 0.3) is 0 Å². The average molecular weight is 298 g/mol. The van der Waals surface area contributed by atoms with Crippen LogP contribution in [-0.2, 0) is 28.6 Å². The SMILES string of the molecule is C=C(C)C(=O)OC1CCC2(CC1)OC(=O)C(CC(=O)O)O2. The summed E-state index contributed by atoms with van der Waals surface area (Å²) in [6.45, 7) is 5.09. The van der Waals surface area contributed by atoms with Gasteiger partial charge in [-0.1, -0.05) is 6.58 Å². The molecular weight excluding hydrogens is 280 g/mol. The van der Waals surface area contributed by atoms with E-state index in [9.17, 15) is 14.4 Å². The van der Waals surface area contributed by atoms with Crippen LogP contribution in [0.1, 0.15) is 39.0 Å². The number of carboxylic acid groups (broad SMARTS) is 1. The highest BCUT2D eigenvalue weighted by molar-refractivity contribution is 5.87. The van der Waals surface area contributed by atoms with E-state index in [0.29, 0.717) is 31.3 Å². The van der Waals surface area contributed by atoms with Gasteiger partial charge in [0.25, 0.3) is 0 Å². The van der Waals surface area contributed by atoms with E-state index in [2.05, 4.69) is 6.58 Å². The van der Waals surface area contributed by atoms with E-state index < -0.39 is 36.2 Å². The molecule has 1 saturated heterocycles. The van der Waals surface area contributed by atoms with Gasteiger partial charge in [-0.25, -0.2) is 9.59 Å². The summed E-state index contributed by atoms with van der Waals surface area (Å²) in [4.78, 5) is 33.7. The van der Waals surface area contributed by atoms with Gasteiger partial charge in [0.15, 0.2) is 6.10 Å². The lowest BCUT2D eigenvalue weighted by atomic mass is 9.91. The maximum absolute atomic E-state index is 11.6. The van der Waals surface area contributed by atoms with Crippen LogP contribution in [-0.4, -0.2) is 41.0 Å². The van der Waals surface area contributed by atoms with E-state index in [4.69, 9.17) is 19.3 Å². The lowest BCUT2D eigenvalue weighted by molar-refractivity contribution is -0.204. The molecule has 0 aromatic carbocycles. The molecule has 21 heavy (non-hydrogen) atoms. The minimum Gasteiger partial charge on any atom is -0.481 e. The number of ether oxygens (including phenoxy) is 3. The number of carbonyl (C=O) groups excluding carboxylic acids is 2. The molecule has 1 aliphatic heterocycles. The van der Waals surface area contributed by atoms with Crippen molar-refractivity contribution in [2.75, 3.05) is 0 Å². The highest BCUT2D eigenvalue weighted by atomic mass is 16.8. The molecule has 2 rings (SSSR count). The van der Waals surface area contributed by atoms with Crippen LogP contribution in [0, 0.1) is 0 Å². The first-order valence-corrected chi connectivity index (χ1v) is 6.80. The highest BCUT2D eigenvalue weighted by Crippen LogP contribution is 2.40. The molecule has 2 aliphatic rings. The van der Waals surface area contributed by atoms with Gasteiger partial charge in [0.05, 0.1) is 6.42 Å². The van der Waals surface area contributed by atoms with Gasteiger partial charge in [0, 0.05) is 18.4 Å². The first-order chi connectivity index (χ1) is 9.81. The zero-order valence-corrected chi connectivity index (χ0v) is 11.8. The molecule has 0 amide bonds. The molecule has 7 nitrogen and oxygen atoms in total. The van der Waals surface area contributed by atoms with Gasteiger partial charge in [-0.3, -0.25) is 4.79 Å². The fourth-order valence-electron chi connectivity index (χ4n) is 2.48. The van der Waals surface area contributed by atoms with Crippen LogP contribution >= 0.6 is 0 Å². The molecule has 1 heterocycles. The standard InChI is InChI=1S/C14H18O7/c1-8(2)12(17)19-9-3-5-14(6-4-9)20-10(7-11(15)16)13(18)21-14/h9-10H,1,3-7H2,2H3,(H,15,16). The van der Waals surface area contributed by atoms with Crippen LogP contribution in [0.5, 0.6) is 0 Å². The zero-order valence-electron chi connectivity index (χ0n) is 11.8. The maximum atomic E-state index is 11.6. The number of carboxylic acids is 1. The van der Waals surface area contributed by atoms with Crippen LogP contribution < -0.4 is 0 Å². The number of carbonyl (C=O) groups is 3. The lowest BCUT2D eigenvalue weighted by Crippen LogP contribution is -2.39. The van der Waals surface area contributed by atoms with E-state index in [1.807, 2.05) is 0 Å². The molecule has 7 heteroatoms. The fourth-order valence-corrected chi connectivity index (χ4v) is 2.48. The molecule has 1 unspecified atom stereocenters. The molecule has 1 atom stereocenters. The minimum absolute atomic E-state index is 0.263. The average Bonchev–Trinajstić information content (AvgIpc) is 2.68. The van der Waals surface area contributed by atoms with E-state index in [0.717, 1.165) is 0 Å². The Morgan fingerprint density at radius 3 is 2.57 bits per heavy atom. The van der Waals surface area contributed by atoms with Gasteiger partial charge >= 0.3 is 17.9 Å². The van der Waals surface area contributed by atoms with E-state index >= 15 is 0 Å². The third kappa shape index (κ3) is 3.60. The van der Waals surface area contributed by atoms with Crippen LogP contribution in [0.4, 0.5) is 0 Å². The molecular formula is C14H18O7. The van der Waals surface area contributed by atoms with Crippen molar-refractivity contribution < 1.29 is 33.7 Å². The minimum atomic E-state index is -1.11. The number of esters is 2. The van der Waals surface area contributed by atoms with Crippen molar-refractivity contribution in [1.29, 1.82) is 0 Å². The Morgan fingerprint density at radius 2 is 2.05 bits per heavy atom. The van der Waals surface area contributed by atoms with Crippen molar-refractivity contribution in [3.8, 4) is 0 Å². The van der Waals surface area contributed by atoms with Crippen molar-refractivity contribution in [2.24, 2.45) is 0 Å². The summed E-state index contributed by atoms with van der Waals surface area (Å²) < 4.78 is 16.0. The number of rotatable bonds is 4. The van der Waals surface area contributed by atoms with Gasteiger partial charge in [-0.15, -0.1) is 0 Å². The van der Waals surface area contributed by atoms with Crippen molar-refractivity contribution in [1.82, 2.24) is 0 Å². The van der Waals surface area contributed by atoms with Crippen molar-refractivity contribution in [3.63, 3.8) is 0 Å². The summed E-state index contributed by atoms with van der Waals surface area (Å²) in [5.74, 6) is -3.26. The topological polar surface area (TPSA) is 99.1 Å². The second-order valence-electron chi connectivity index (χ2n) is 5.42. The van der Waals surface area contributed by atoms with E-state index in [1.165, 1.54) is 0 Å². The Hall–Kier alpha value is -1.89. The molecule has 0 aromatic rings. The first kappa shape index (κ1) is 15.5. The smallest absolute Gasteiger partial charge is 0.338 e. The van der Waals surface area contributed by atoms with E-state index in [1.54, 1.807) is 6.92 Å². The Labute approximate surface area is 121 Å². The van der Waals surface area contributed by atoms with Crippen molar-refractivity contribution in [3.05, 3.63) is 12.2 Å². The molecule has 1 spiro atoms. The summed E-state index contributed by atoms with van der Waals surface area (Å²) in [7, 11) is 0. The summed E-state index contributed by atoms with van der Waals surface area (Å²) in [5.41, 5.74) is 0.334. The maximum Gasteiger partial charge on any atom is 0.338 e. The molecule has 2 fully saturated rings. The number of hydrogen-bond donors (Lipinski definition) is 1. The first-order valence-electron chi connectivity index (χ1n) is 6.80. The Balaban J connectivity index is 1.89. The highest BCUT2D eigenvalue weighted by Gasteiger charge is 2.50. The summed E-state index contributed by atoms with van der Waals surface area (Å²) in [6, 6.07) is 0. The van der Waals surface area contributed by atoms with Gasteiger partial charge in [-0.05, 0) is 19.8 Å². The molecule has 1 N–H and O–H groups in total. The van der Waals surface area contributed by atoms with Crippen molar-refractivity contribution >= 4 is 17.9 Å². The number of aliphatic carboxylic acids is 1. The predicted molar refractivity (Wildman–Crippen MR) is 69.1 cm³/mol. The fraction of sp³-hybridized carbons (Fsp3) is 0.643. The zero-order chi connectivity index (χ0) is 15.6. The Kier molecular flexibility index (Phi) is 4.32. The summed E-state index contributed by atoms with van der Waals surface area (Å²) >= 11 is 0. The third-order valence-electron chi connectivity index (χ3n) is 3.58. The Morgan fingerprint density at radius 1 is 1.43 bits per heavy atom. The summed E-state index contributed by atoms with van der Waals surface area (Å²) in [5, 5.41) is 8.72. The number of hydrogen-bond acceptors (Lipinski definition) is 6. The lowest BCUT2D eigenvalue weighted by Gasteiger charge is -2.34. The largest absolute Gasteiger partial charge is 0.481 e. The molecule has 1 aliphatic carbocycles. The van der Waals surface area contributed by atoms with Gasteiger partial charge in [-0.2, -0.15) is 0 Å². The van der Waals surface area contributed by atoms with Crippen LogP contribution in [0.2, 0.25) is 0 Å². The normalized spacial score (nSPS) is 31.8. The monoisotopic (exact) mass is 298 g/mol. The molecule has 0 radical (unpaired) electrons. The van der Waals surface area contributed by atoms with Crippen molar-refractivity contribution in [2.45, 2.75) is 57.0 Å². The predicted octanol–water partition coefficient (Wildman–Crippen LogP) is 1.16. The van der Waals surface area contributed by atoms with Gasteiger partial charge in [0.1, 0.15) is 6.10 Å². The van der Waals surface area contributed by atoms with Gasteiger partial charge < -0.3 is 19.3 Å². The Bertz CT molecular complexity index is 474. The molecule has 116 valence electrons. The summed E-state index contributed by atoms with van der Waals surface area (Å²) in [6.07, 6.45) is 0.0106. The molecule has 0 bridgehead atoms.